The minimum Gasteiger partial charge on any atom is -0.379 e. The molecule has 2 N–H and O–H groups in total. The molecule has 1 fully saturated rings. The molecule has 0 bridgehead atoms. The first-order valence-electron chi connectivity index (χ1n) is 10.7. The van der Waals surface area contributed by atoms with Crippen LogP contribution in [0.4, 0.5) is 17.5 Å². The van der Waals surface area contributed by atoms with Crippen molar-refractivity contribution in [2.45, 2.75) is 6.54 Å². The van der Waals surface area contributed by atoms with E-state index < -0.39 is 0 Å². The Morgan fingerprint density at radius 1 is 0.938 bits per heavy atom. The zero-order valence-corrected chi connectivity index (χ0v) is 19.2. The molecule has 0 aliphatic carbocycles. The smallest absolute Gasteiger partial charge is 0.222 e. The Balaban J connectivity index is 1.57. The molecule has 0 spiro atoms. The maximum absolute atomic E-state index is 6.03. The summed E-state index contributed by atoms with van der Waals surface area (Å²) in [6, 6.07) is 24.8. The summed E-state index contributed by atoms with van der Waals surface area (Å²) in [5.74, 6) is 0.958. The summed E-state index contributed by atoms with van der Waals surface area (Å²) in [5.41, 5.74) is 11.4. The third-order valence-corrected chi connectivity index (χ3v) is 6.43. The van der Waals surface area contributed by atoms with Gasteiger partial charge in [0.1, 0.15) is 0 Å². The Morgan fingerprint density at radius 3 is 2.50 bits per heavy atom. The average Bonchev–Trinajstić information content (AvgIpc) is 2.84. The lowest BCUT2D eigenvalue weighted by molar-refractivity contribution is 0.0342. The van der Waals surface area contributed by atoms with Crippen LogP contribution in [0.2, 0.25) is 0 Å². The van der Waals surface area contributed by atoms with Gasteiger partial charge in [-0.25, -0.2) is 4.98 Å². The van der Waals surface area contributed by atoms with E-state index in [-0.39, 0.29) is 5.95 Å². The summed E-state index contributed by atoms with van der Waals surface area (Å²) in [4.78, 5) is 11.5. The summed E-state index contributed by atoms with van der Waals surface area (Å²) in [6.45, 7) is 4.40. The van der Waals surface area contributed by atoms with Gasteiger partial charge in [0.05, 0.1) is 40.6 Å². The van der Waals surface area contributed by atoms with E-state index in [1.807, 2.05) is 40.3 Å². The molecule has 0 unspecified atom stereocenters. The van der Waals surface area contributed by atoms with Gasteiger partial charge in [-0.3, -0.25) is 8.83 Å². The van der Waals surface area contributed by atoms with E-state index in [1.54, 1.807) is 0 Å². The van der Waals surface area contributed by atoms with Crippen molar-refractivity contribution in [3.8, 4) is 11.1 Å². The van der Waals surface area contributed by atoms with Crippen molar-refractivity contribution < 1.29 is 4.74 Å². The van der Waals surface area contributed by atoms with E-state index >= 15 is 0 Å². The van der Waals surface area contributed by atoms with E-state index in [4.69, 9.17) is 10.5 Å². The summed E-state index contributed by atoms with van der Waals surface area (Å²) in [7, 11) is 0. The molecular weight excluding hydrogens is 466 g/mol. The maximum atomic E-state index is 6.03. The van der Waals surface area contributed by atoms with Crippen LogP contribution in [0.15, 0.2) is 72.8 Å². The number of halogens is 1. The van der Waals surface area contributed by atoms with Gasteiger partial charge in [0.25, 0.3) is 0 Å². The monoisotopic (exact) mass is 489 g/mol. The molecule has 32 heavy (non-hydrogen) atoms. The number of nitrogen functional groups attached to an aromatic ring is 1. The normalized spacial score (nSPS) is 14.5. The highest BCUT2D eigenvalue weighted by molar-refractivity contribution is 9.10. The second-order valence-electron chi connectivity index (χ2n) is 7.80. The second-order valence-corrected chi connectivity index (χ2v) is 8.51. The van der Waals surface area contributed by atoms with Gasteiger partial charge in [0.15, 0.2) is 5.82 Å². The van der Waals surface area contributed by atoms with Crippen LogP contribution in [0, 0.1) is 0 Å². The third kappa shape index (κ3) is 4.32. The molecule has 1 saturated heterocycles. The van der Waals surface area contributed by atoms with Crippen LogP contribution in [0.25, 0.3) is 22.0 Å². The summed E-state index contributed by atoms with van der Waals surface area (Å²) >= 11 is 3.68. The van der Waals surface area contributed by atoms with Gasteiger partial charge in [-0.2, -0.15) is 4.98 Å². The molecule has 0 amide bonds. The zero-order chi connectivity index (χ0) is 21.9. The first-order valence-corrected chi connectivity index (χ1v) is 11.4. The first-order chi connectivity index (χ1) is 15.7. The number of morpholine rings is 1. The lowest BCUT2D eigenvalue weighted by Gasteiger charge is -2.27. The molecule has 6 nitrogen and oxygen atoms in total. The fourth-order valence-corrected chi connectivity index (χ4v) is 4.57. The predicted molar refractivity (Wildman–Crippen MR) is 133 cm³/mol. The van der Waals surface area contributed by atoms with Gasteiger partial charge >= 0.3 is 0 Å². The number of para-hydroxylation sites is 1. The minimum atomic E-state index is 0.244. The number of anilines is 3. The molecule has 1 aliphatic heterocycles. The molecule has 0 saturated carbocycles. The van der Waals surface area contributed by atoms with Crippen molar-refractivity contribution in [3.63, 3.8) is 0 Å². The highest BCUT2D eigenvalue weighted by atomic mass is 79.9. The van der Waals surface area contributed by atoms with Crippen LogP contribution in [-0.4, -0.2) is 41.2 Å². The van der Waals surface area contributed by atoms with E-state index in [0.717, 1.165) is 55.0 Å². The van der Waals surface area contributed by atoms with Gasteiger partial charge < -0.3 is 10.5 Å². The van der Waals surface area contributed by atoms with Gasteiger partial charge in [-0.15, -0.1) is 0 Å². The Kier molecular flexibility index (Phi) is 6.03. The fourth-order valence-electron chi connectivity index (χ4n) is 4.07. The largest absolute Gasteiger partial charge is 0.379 e. The topological polar surface area (TPSA) is 67.5 Å². The standard InChI is InChI=1S/C25H24BrN5O/c26-31(20-7-2-1-3-8-20)24-22-16-18(10-11-23(22)28-25(27)29-24)21-9-5-4-6-19(21)17-30-12-14-32-15-13-30/h1-11,16H,12-15,17H2,(H2,27,28,29). The Morgan fingerprint density at radius 2 is 1.69 bits per heavy atom. The summed E-state index contributed by atoms with van der Waals surface area (Å²) in [5, 5.41) is 0.929. The number of benzene rings is 3. The van der Waals surface area contributed by atoms with Crippen molar-refractivity contribution in [1.82, 2.24) is 14.9 Å². The average molecular weight is 490 g/mol. The van der Waals surface area contributed by atoms with Crippen molar-refractivity contribution in [3.05, 3.63) is 78.4 Å². The van der Waals surface area contributed by atoms with Crippen LogP contribution in [0.3, 0.4) is 0 Å². The number of hydrogen-bond donors (Lipinski definition) is 1. The van der Waals surface area contributed by atoms with Gasteiger partial charge in [-0.05, 0) is 41.0 Å². The Labute approximate surface area is 196 Å². The van der Waals surface area contributed by atoms with Crippen molar-refractivity contribution in [1.29, 1.82) is 0 Å². The van der Waals surface area contributed by atoms with E-state index in [9.17, 15) is 0 Å². The van der Waals surface area contributed by atoms with Crippen molar-refractivity contribution in [2.24, 2.45) is 0 Å². The molecule has 7 heteroatoms. The summed E-state index contributed by atoms with van der Waals surface area (Å²) < 4.78 is 7.38. The van der Waals surface area contributed by atoms with Crippen LogP contribution >= 0.6 is 16.1 Å². The first kappa shape index (κ1) is 20.9. The van der Waals surface area contributed by atoms with Crippen LogP contribution < -0.4 is 9.66 Å². The molecule has 1 aliphatic rings. The summed E-state index contributed by atoms with van der Waals surface area (Å²) in [6.07, 6.45) is 0. The number of ether oxygens (including phenoxy) is 1. The van der Waals surface area contributed by atoms with Crippen molar-refractivity contribution in [2.75, 3.05) is 36.0 Å². The van der Waals surface area contributed by atoms with Gasteiger partial charge in [0.2, 0.25) is 5.95 Å². The van der Waals surface area contributed by atoms with Gasteiger partial charge in [0, 0.05) is 25.0 Å². The molecule has 2 heterocycles. The number of nitrogens with two attached hydrogens (primary N) is 1. The van der Waals surface area contributed by atoms with Crippen molar-refractivity contribution >= 4 is 44.5 Å². The highest BCUT2D eigenvalue weighted by Gasteiger charge is 2.17. The van der Waals surface area contributed by atoms with Crippen LogP contribution in [-0.2, 0) is 11.3 Å². The molecule has 1 aromatic heterocycles. The molecule has 162 valence electrons. The number of aromatic nitrogens is 2. The number of rotatable bonds is 5. The van der Waals surface area contributed by atoms with E-state index in [2.05, 4.69) is 67.4 Å². The van der Waals surface area contributed by atoms with E-state index in [1.165, 1.54) is 11.1 Å². The maximum Gasteiger partial charge on any atom is 0.222 e. The molecule has 0 atom stereocenters. The molecule has 4 aromatic rings. The SMILES string of the molecule is Nc1nc(N(Br)c2ccccc2)c2cc(-c3ccccc3CN3CCOCC3)ccc2n1. The zero-order valence-electron chi connectivity index (χ0n) is 17.6. The fraction of sp³-hybridized carbons (Fsp3) is 0.200. The molecule has 3 aromatic carbocycles. The number of nitrogens with zero attached hydrogens (tertiary/aromatic N) is 4. The molecule has 0 radical (unpaired) electrons. The molecule has 5 rings (SSSR count). The number of fused-ring (bicyclic) bond motifs is 1. The second kappa shape index (κ2) is 9.24. The predicted octanol–water partition coefficient (Wildman–Crippen LogP) is 5.16. The minimum absolute atomic E-state index is 0.244. The van der Waals surface area contributed by atoms with Crippen LogP contribution in [0.1, 0.15) is 5.56 Å². The lowest BCUT2D eigenvalue weighted by Crippen LogP contribution is -2.35. The third-order valence-electron chi connectivity index (χ3n) is 5.69. The Hall–Kier alpha value is -3.00. The quantitative estimate of drug-likeness (QED) is 0.390. The Bertz CT molecular complexity index is 1230. The molecular formula is C25H24BrN5O. The highest BCUT2D eigenvalue weighted by Crippen LogP contribution is 2.36. The van der Waals surface area contributed by atoms with Crippen LogP contribution in [0.5, 0.6) is 0 Å². The lowest BCUT2D eigenvalue weighted by atomic mass is 9.98. The van der Waals surface area contributed by atoms with Gasteiger partial charge in [-0.1, -0.05) is 48.5 Å². The number of hydrogen-bond acceptors (Lipinski definition) is 6. The van der Waals surface area contributed by atoms with E-state index in [0.29, 0.717) is 5.82 Å².